The lowest BCUT2D eigenvalue weighted by Crippen LogP contribution is -2.04. The van der Waals surface area contributed by atoms with Crippen LogP contribution in [-0.4, -0.2) is 28.5 Å². The van der Waals surface area contributed by atoms with E-state index in [1.807, 2.05) is 13.8 Å². The van der Waals surface area contributed by atoms with E-state index in [0.717, 1.165) is 5.75 Å². The molecule has 0 aromatic rings. The van der Waals surface area contributed by atoms with E-state index in [0.29, 0.717) is 18.5 Å². The van der Waals surface area contributed by atoms with Crippen LogP contribution in [0.3, 0.4) is 0 Å². The van der Waals surface area contributed by atoms with Crippen molar-refractivity contribution < 1.29 is 13.6 Å². The van der Waals surface area contributed by atoms with Gasteiger partial charge in [0.25, 0.3) is 0 Å². The Balaban J connectivity index is 2.62. The molecule has 14 heavy (non-hydrogen) atoms. The predicted octanol–water partition coefficient (Wildman–Crippen LogP) is 3.40. The molecule has 1 rings (SSSR count). The van der Waals surface area contributed by atoms with E-state index in [1.54, 1.807) is 23.5 Å². The van der Waals surface area contributed by atoms with Crippen LogP contribution in [0.25, 0.3) is 0 Å². The summed E-state index contributed by atoms with van der Waals surface area (Å²) in [5.74, 6) is 1.03. The SMILES string of the molecule is CCOP(=O)(OCC)C1SCC(C)S1. The molecule has 1 saturated heterocycles. The van der Waals surface area contributed by atoms with Crippen molar-refractivity contribution in [3.8, 4) is 0 Å². The van der Waals surface area contributed by atoms with Crippen LogP contribution in [-0.2, 0) is 13.6 Å². The molecule has 0 saturated carbocycles. The Labute approximate surface area is 94.2 Å². The third-order valence-corrected chi connectivity index (χ3v) is 8.61. The molecule has 6 heteroatoms. The van der Waals surface area contributed by atoms with Gasteiger partial charge in [-0.2, -0.15) is 0 Å². The van der Waals surface area contributed by atoms with Gasteiger partial charge in [-0.25, -0.2) is 0 Å². The minimum atomic E-state index is -2.88. The van der Waals surface area contributed by atoms with E-state index in [1.165, 1.54) is 0 Å². The summed E-state index contributed by atoms with van der Waals surface area (Å²) in [6.07, 6.45) is 0. The zero-order chi connectivity index (χ0) is 10.6. The zero-order valence-corrected chi connectivity index (χ0v) is 11.3. The maximum atomic E-state index is 12.3. The van der Waals surface area contributed by atoms with Crippen molar-refractivity contribution in [2.75, 3.05) is 19.0 Å². The molecule has 1 heterocycles. The van der Waals surface area contributed by atoms with Gasteiger partial charge in [-0.3, -0.25) is 4.57 Å². The highest BCUT2D eigenvalue weighted by Gasteiger charge is 2.41. The van der Waals surface area contributed by atoms with Gasteiger partial charge in [0.15, 0.2) is 4.32 Å². The van der Waals surface area contributed by atoms with Gasteiger partial charge >= 0.3 is 7.60 Å². The molecule has 2 unspecified atom stereocenters. The van der Waals surface area contributed by atoms with Gasteiger partial charge in [0.1, 0.15) is 0 Å². The molecule has 0 bridgehead atoms. The molecule has 0 N–H and O–H groups in total. The highest BCUT2D eigenvalue weighted by Crippen LogP contribution is 2.64. The van der Waals surface area contributed by atoms with Crippen molar-refractivity contribution in [2.45, 2.75) is 30.3 Å². The fourth-order valence-electron chi connectivity index (χ4n) is 1.18. The molecule has 0 aromatic heterocycles. The maximum Gasteiger partial charge on any atom is 0.353 e. The van der Waals surface area contributed by atoms with Gasteiger partial charge in [-0.05, 0) is 13.8 Å². The van der Waals surface area contributed by atoms with E-state index in [9.17, 15) is 4.57 Å². The average Bonchev–Trinajstić information content (AvgIpc) is 2.53. The van der Waals surface area contributed by atoms with Crippen molar-refractivity contribution >= 4 is 31.1 Å². The summed E-state index contributed by atoms with van der Waals surface area (Å²) in [5, 5.41) is 0.541. The lowest BCUT2D eigenvalue weighted by molar-refractivity contribution is 0.222. The lowest BCUT2D eigenvalue weighted by Gasteiger charge is -2.21. The summed E-state index contributed by atoms with van der Waals surface area (Å²) in [7, 11) is -2.88. The number of thioether (sulfide) groups is 2. The highest BCUT2D eigenvalue weighted by molar-refractivity contribution is 8.26. The first kappa shape index (κ1) is 12.9. The fourth-order valence-corrected chi connectivity index (χ4v) is 7.66. The van der Waals surface area contributed by atoms with Gasteiger partial charge in [0.2, 0.25) is 0 Å². The summed E-state index contributed by atoms with van der Waals surface area (Å²) in [5.41, 5.74) is 0. The molecule has 0 aliphatic carbocycles. The minimum Gasteiger partial charge on any atom is -0.308 e. The van der Waals surface area contributed by atoms with Gasteiger partial charge < -0.3 is 9.05 Å². The zero-order valence-electron chi connectivity index (χ0n) is 8.76. The van der Waals surface area contributed by atoms with E-state index in [4.69, 9.17) is 9.05 Å². The van der Waals surface area contributed by atoms with Crippen LogP contribution in [0.15, 0.2) is 0 Å². The van der Waals surface area contributed by atoms with Crippen LogP contribution in [0.5, 0.6) is 0 Å². The maximum absolute atomic E-state index is 12.3. The van der Waals surface area contributed by atoms with Gasteiger partial charge in [0, 0.05) is 11.0 Å². The topological polar surface area (TPSA) is 35.5 Å². The Morgan fingerprint density at radius 2 is 1.93 bits per heavy atom. The molecule has 3 nitrogen and oxygen atoms in total. The minimum absolute atomic E-state index is 0.0302. The fraction of sp³-hybridized carbons (Fsp3) is 1.00. The van der Waals surface area contributed by atoms with Crippen LogP contribution >= 0.6 is 31.1 Å². The van der Waals surface area contributed by atoms with E-state index < -0.39 is 7.60 Å². The smallest absolute Gasteiger partial charge is 0.308 e. The standard InChI is InChI=1S/C8H17O3PS2/c1-4-10-12(9,11-5-2)8-13-6-7(3)14-8/h7-8H,4-6H2,1-3H3. The van der Waals surface area contributed by atoms with Gasteiger partial charge in [0.05, 0.1) is 13.2 Å². The molecule has 0 aromatic carbocycles. The summed E-state index contributed by atoms with van der Waals surface area (Å²) in [4.78, 5) is 0. The van der Waals surface area contributed by atoms with Crippen LogP contribution < -0.4 is 0 Å². The van der Waals surface area contributed by atoms with Crippen molar-refractivity contribution in [1.29, 1.82) is 0 Å². The molecule has 0 spiro atoms. The van der Waals surface area contributed by atoms with Crippen molar-refractivity contribution in [2.24, 2.45) is 0 Å². The molecular formula is C8H17O3PS2. The number of rotatable bonds is 5. The van der Waals surface area contributed by atoms with Crippen LogP contribution in [0, 0.1) is 0 Å². The molecule has 1 fully saturated rings. The number of hydrogen-bond donors (Lipinski definition) is 0. The van der Waals surface area contributed by atoms with E-state index >= 15 is 0 Å². The molecule has 2 atom stereocenters. The molecular weight excluding hydrogens is 239 g/mol. The second-order valence-electron chi connectivity index (χ2n) is 2.96. The Morgan fingerprint density at radius 3 is 2.29 bits per heavy atom. The third-order valence-electron chi connectivity index (χ3n) is 1.70. The largest absolute Gasteiger partial charge is 0.353 e. The highest BCUT2D eigenvalue weighted by atomic mass is 32.2. The molecule has 0 amide bonds. The Bertz CT molecular complexity index is 215. The van der Waals surface area contributed by atoms with E-state index in [2.05, 4.69) is 6.92 Å². The summed E-state index contributed by atoms with van der Waals surface area (Å²) in [6.45, 7) is 6.73. The lowest BCUT2D eigenvalue weighted by atomic mass is 10.6. The summed E-state index contributed by atoms with van der Waals surface area (Å²) in [6, 6.07) is 0. The van der Waals surface area contributed by atoms with Crippen LogP contribution in [0.2, 0.25) is 0 Å². The summed E-state index contributed by atoms with van der Waals surface area (Å²) < 4.78 is 22.8. The third kappa shape index (κ3) is 3.17. The molecule has 1 aliphatic rings. The molecule has 0 radical (unpaired) electrons. The monoisotopic (exact) mass is 256 g/mol. The van der Waals surface area contributed by atoms with E-state index in [-0.39, 0.29) is 4.32 Å². The summed E-state index contributed by atoms with van der Waals surface area (Å²) >= 11 is 3.39. The van der Waals surface area contributed by atoms with Crippen LogP contribution in [0.1, 0.15) is 20.8 Å². The van der Waals surface area contributed by atoms with Crippen LogP contribution in [0.4, 0.5) is 0 Å². The normalized spacial score (nSPS) is 28.2. The second-order valence-corrected chi connectivity index (χ2v) is 8.76. The average molecular weight is 256 g/mol. The first-order valence-corrected chi connectivity index (χ1v) is 8.38. The van der Waals surface area contributed by atoms with Gasteiger partial charge in [-0.15, -0.1) is 23.5 Å². The Hall–Kier alpha value is 0.850. The van der Waals surface area contributed by atoms with Crippen molar-refractivity contribution in [1.82, 2.24) is 0 Å². The Kier molecular flexibility index (Phi) is 5.36. The van der Waals surface area contributed by atoms with Gasteiger partial charge in [-0.1, -0.05) is 6.92 Å². The molecule has 1 aliphatic heterocycles. The molecule has 84 valence electrons. The van der Waals surface area contributed by atoms with Crippen molar-refractivity contribution in [3.05, 3.63) is 0 Å². The second kappa shape index (κ2) is 5.80. The first-order valence-electron chi connectivity index (χ1n) is 4.78. The quantitative estimate of drug-likeness (QED) is 0.704. The number of hydrogen-bond acceptors (Lipinski definition) is 5. The first-order chi connectivity index (χ1) is 6.62. The predicted molar refractivity (Wildman–Crippen MR) is 64.2 cm³/mol. The Morgan fingerprint density at radius 1 is 1.36 bits per heavy atom. The van der Waals surface area contributed by atoms with Crippen molar-refractivity contribution in [3.63, 3.8) is 0 Å².